The van der Waals surface area contributed by atoms with Gasteiger partial charge in [0.15, 0.2) is 11.6 Å². The Hall–Kier alpha value is -4.45. The van der Waals surface area contributed by atoms with Crippen molar-refractivity contribution in [3.63, 3.8) is 0 Å². The van der Waals surface area contributed by atoms with Crippen molar-refractivity contribution in [2.75, 3.05) is 20.2 Å². The quantitative estimate of drug-likeness (QED) is 0.588. The van der Waals surface area contributed by atoms with Crippen molar-refractivity contribution in [1.29, 1.82) is 0 Å². The lowest BCUT2D eigenvalue weighted by Crippen LogP contribution is -2.40. The number of rotatable bonds is 4. The number of ketones is 3. The molecule has 2 aliphatic heterocycles. The molecule has 3 aromatic rings. The number of hydrogen-bond donors (Lipinski definition) is 1. The van der Waals surface area contributed by atoms with E-state index in [1.54, 1.807) is 43.5 Å². The second-order valence-electron chi connectivity index (χ2n) is 8.71. The second-order valence-corrected chi connectivity index (χ2v) is 8.71. The van der Waals surface area contributed by atoms with E-state index in [0.717, 1.165) is 5.56 Å². The molecule has 0 saturated carbocycles. The average Bonchev–Trinajstić information content (AvgIpc) is 3.40. The van der Waals surface area contributed by atoms with Crippen molar-refractivity contribution in [2.24, 2.45) is 0 Å². The molecule has 0 radical (unpaired) electrons. The van der Waals surface area contributed by atoms with Gasteiger partial charge in [0.05, 0.1) is 18.4 Å². The predicted molar refractivity (Wildman–Crippen MR) is 130 cm³/mol. The van der Waals surface area contributed by atoms with E-state index in [0.29, 0.717) is 58.2 Å². The lowest BCUT2D eigenvalue weighted by atomic mass is 9.72. The summed E-state index contributed by atoms with van der Waals surface area (Å²) in [7, 11) is 1.59. The van der Waals surface area contributed by atoms with Crippen molar-refractivity contribution in [3.05, 3.63) is 124 Å². The Morgan fingerprint density at radius 3 is 2.23 bits per heavy atom. The fourth-order valence-corrected chi connectivity index (χ4v) is 5.27. The first-order chi connectivity index (χ1) is 17.1. The standard InChI is InChI=1S/C29H22N2O4/c1-35-19-13-11-17(12-14-19)22-23-25(28(34)21-10-6-5-9-20(21)27(23)33)31-16-15-30-29(31)24(22)26(32)18-7-3-2-4-8-18/h2-14,22,30H,15-16H2,1H3. The summed E-state index contributed by atoms with van der Waals surface area (Å²) in [4.78, 5) is 43.5. The van der Waals surface area contributed by atoms with Crippen LogP contribution in [0.1, 0.15) is 42.6 Å². The highest BCUT2D eigenvalue weighted by Gasteiger charge is 2.48. The molecule has 6 heteroatoms. The molecule has 3 aromatic carbocycles. The van der Waals surface area contributed by atoms with Crippen LogP contribution in [0.15, 0.2) is 102 Å². The van der Waals surface area contributed by atoms with Gasteiger partial charge in [0.2, 0.25) is 5.78 Å². The van der Waals surface area contributed by atoms with Gasteiger partial charge in [0.25, 0.3) is 0 Å². The maximum Gasteiger partial charge on any atom is 0.210 e. The molecular formula is C29H22N2O4. The molecule has 0 amide bonds. The minimum absolute atomic E-state index is 0.175. The Morgan fingerprint density at radius 1 is 0.886 bits per heavy atom. The molecule has 1 aliphatic carbocycles. The molecule has 1 fully saturated rings. The molecular weight excluding hydrogens is 440 g/mol. The third-order valence-electron chi connectivity index (χ3n) is 6.86. The molecule has 0 aromatic heterocycles. The van der Waals surface area contributed by atoms with Gasteiger partial charge in [-0.3, -0.25) is 14.4 Å². The highest BCUT2D eigenvalue weighted by atomic mass is 16.5. The number of carbonyl (C=O) groups is 3. The van der Waals surface area contributed by atoms with E-state index >= 15 is 0 Å². The van der Waals surface area contributed by atoms with Crippen LogP contribution >= 0.6 is 0 Å². The van der Waals surface area contributed by atoms with E-state index in [-0.39, 0.29) is 17.3 Å². The van der Waals surface area contributed by atoms with Gasteiger partial charge in [-0.2, -0.15) is 0 Å². The van der Waals surface area contributed by atoms with E-state index in [2.05, 4.69) is 5.32 Å². The summed E-state index contributed by atoms with van der Waals surface area (Å²) in [6.45, 7) is 1.06. The Morgan fingerprint density at radius 2 is 1.54 bits per heavy atom. The molecule has 1 N–H and O–H groups in total. The SMILES string of the molecule is COc1ccc(C2C(C(=O)c3ccccc3)=C3NCCN3C3=C2C(=O)c2ccccc2C3=O)cc1. The maximum absolute atomic E-state index is 14.0. The minimum atomic E-state index is -0.703. The Labute approximate surface area is 202 Å². The molecule has 1 atom stereocenters. The molecule has 0 bridgehead atoms. The van der Waals surface area contributed by atoms with Crippen molar-refractivity contribution < 1.29 is 19.1 Å². The normalized spacial score (nSPS) is 18.7. The van der Waals surface area contributed by atoms with E-state index in [1.165, 1.54) is 0 Å². The van der Waals surface area contributed by atoms with Gasteiger partial charge in [-0.1, -0.05) is 66.7 Å². The predicted octanol–water partition coefficient (Wildman–Crippen LogP) is 4.13. The summed E-state index contributed by atoms with van der Waals surface area (Å²) in [6, 6.07) is 23.3. The lowest BCUT2D eigenvalue weighted by molar-refractivity contribution is 0.0936. The van der Waals surface area contributed by atoms with Crippen molar-refractivity contribution in [1.82, 2.24) is 10.2 Å². The fraction of sp³-hybridized carbons (Fsp3) is 0.138. The summed E-state index contributed by atoms with van der Waals surface area (Å²) in [5.74, 6) is -0.0310. The average molecular weight is 463 g/mol. The van der Waals surface area contributed by atoms with Crippen molar-refractivity contribution >= 4 is 17.3 Å². The highest BCUT2D eigenvalue weighted by Crippen LogP contribution is 2.47. The van der Waals surface area contributed by atoms with E-state index in [1.807, 2.05) is 47.4 Å². The summed E-state index contributed by atoms with van der Waals surface area (Å²) in [5, 5.41) is 3.34. The zero-order valence-corrected chi connectivity index (χ0v) is 19.1. The van der Waals surface area contributed by atoms with E-state index < -0.39 is 5.92 Å². The van der Waals surface area contributed by atoms with Gasteiger partial charge in [-0.05, 0) is 17.7 Å². The van der Waals surface area contributed by atoms with Crippen molar-refractivity contribution in [3.8, 4) is 5.75 Å². The van der Waals surface area contributed by atoms with Gasteiger partial charge in [0.1, 0.15) is 11.6 Å². The summed E-state index contributed by atoms with van der Waals surface area (Å²) >= 11 is 0. The zero-order valence-electron chi connectivity index (χ0n) is 19.1. The van der Waals surface area contributed by atoms with Crippen LogP contribution in [-0.4, -0.2) is 42.4 Å². The number of hydrogen-bond acceptors (Lipinski definition) is 6. The monoisotopic (exact) mass is 462 g/mol. The van der Waals surface area contributed by atoms with E-state index in [9.17, 15) is 14.4 Å². The molecule has 6 nitrogen and oxygen atoms in total. The number of nitrogens with one attached hydrogen (secondary N) is 1. The molecule has 172 valence electrons. The summed E-state index contributed by atoms with van der Waals surface area (Å²) < 4.78 is 5.33. The number of ether oxygens (including phenoxy) is 1. The minimum Gasteiger partial charge on any atom is -0.497 e. The smallest absolute Gasteiger partial charge is 0.210 e. The van der Waals surface area contributed by atoms with Crippen LogP contribution < -0.4 is 10.1 Å². The Bertz CT molecular complexity index is 1450. The fourth-order valence-electron chi connectivity index (χ4n) is 5.27. The van der Waals surface area contributed by atoms with Crippen LogP contribution in [0.25, 0.3) is 0 Å². The molecule has 1 saturated heterocycles. The topological polar surface area (TPSA) is 75.7 Å². The Kier molecular flexibility index (Phi) is 4.88. The maximum atomic E-state index is 14.0. The Balaban J connectivity index is 1.62. The van der Waals surface area contributed by atoms with Crippen LogP contribution in [0.3, 0.4) is 0 Å². The molecule has 1 unspecified atom stereocenters. The lowest BCUT2D eigenvalue weighted by Gasteiger charge is -2.38. The van der Waals surface area contributed by atoms with Crippen LogP contribution in [0.5, 0.6) is 5.75 Å². The third kappa shape index (κ3) is 3.14. The first-order valence-corrected chi connectivity index (χ1v) is 11.5. The second kappa shape index (κ2) is 8.09. The van der Waals surface area contributed by atoms with Crippen LogP contribution in [0.2, 0.25) is 0 Å². The summed E-state index contributed by atoms with van der Waals surface area (Å²) in [6.07, 6.45) is 0. The number of fused-ring (bicyclic) bond motifs is 3. The molecule has 3 aliphatic rings. The molecule has 35 heavy (non-hydrogen) atoms. The van der Waals surface area contributed by atoms with Crippen molar-refractivity contribution in [2.45, 2.75) is 5.92 Å². The number of allylic oxidation sites excluding steroid dienone is 3. The first kappa shape index (κ1) is 21.1. The summed E-state index contributed by atoms with van der Waals surface area (Å²) in [5.41, 5.74) is 3.23. The van der Waals surface area contributed by atoms with Gasteiger partial charge < -0.3 is 15.0 Å². The highest BCUT2D eigenvalue weighted by molar-refractivity contribution is 6.28. The van der Waals surface area contributed by atoms with Gasteiger partial charge in [-0.25, -0.2) is 0 Å². The third-order valence-corrected chi connectivity index (χ3v) is 6.86. The van der Waals surface area contributed by atoms with Gasteiger partial charge >= 0.3 is 0 Å². The largest absolute Gasteiger partial charge is 0.497 e. The van der Waals surface area contributed by atoms with E-state index in [4.69, 9.17) is 4.74 Å². The number of carbonyl (C=O) groups excluding carboxylic acids is 3. The number of benzene rings is 3. The first-order valence-electron chi connectivity index (χ1n) is 11.5. The molecule has 6 rings (SSSR count). The van der Waals surface area contributed by atoms with Crippen LogP contribution in [0.4, 0.5) is 0 Å². The molecule has 0 spiro atoms. The van der Waals surface area contributed by atoms with Gasteiger partial charge in [0, 0.05) is 41.3 Å². The number of nitrogens with zero attached hydrogens (tertiary/aromatic N) is 1. The molecule has 2 heterocycles. The zero-order chi connectivity index (χ0) is 24.1. The number of methoxy groups -OCH3 is 1. The van der Waals surface area contributed by atoms with Crippen LogP contribution in [0, 0.1) is 0 Å². The van der Waals surface area contributed by atoms with Gasteiger partial charge in [-0.15, -0.1) is 0 Å². The number of Topliss-reactive ketones (excluding diaryl/α,β-unsaturated/α-hetero) is 3. The van der Waals surface area contributed by atoms with Crippen LogP contribution in [-0.2, 0) is 0 Å².